The van der Waals surface area contributed by atoms with Crippen LogP contribution < -0.4 is 19.8 Å². The molecular formula is C21H23NO5. The fraction of sp³-hybridized carbons (Fsp3) is 0.286. The summed E-state index contributed by atoms with van der Waals surface area (Å²) in [4.78, 5) is 14.1. The summed E-state index contributed by atoms with van der Waals surface area (Å²) >= 11 is 0. The molecule has 0 saturated heterocycles. The van der Waals surface area contributed by atoms with Gasteiger partial charge in [-0.1, -0.05) is 6.07 Å². The lowest BCUT2D eigenvalue weighted by Gasteiger charge is -2.18. The molecule has 0 aliphatic carbocycles. The molecule has 0 radical (unpaired) electrons. The molecule has 6 nitrogen and oxygen atoms in total. The Labute approximate surface area is 157 Å². The topological polar surface area (TPSA) is 61.1 Å². The number of hydrogen-bond donors (Lipinski definition) is 0. The first-order valence-corrected chi connectivity index (χ1v) is 8.54. The maximum Gasteiger partial charge on any atom is 0.336 e. The zero-order valence-corrected chi connectivity index (χ0v) is 15.9. The molecule has 0 unspecified atom stereocenters. The van der Waals surface area contributed by atoms with Gasteiger partial charge in [-0.05, 0) is 42.4 Å². The largest absolute Gasteiger partial charge is 0.497 e. The lowest BCUT2D eigenvalue weighted by Crippen LogP contribution is -2.18. The van der Waals surface area contributed by atoms with Crippen LogP contribution >= 0.6 is 0 Å². The van der Waals surface area contributed by atoms with Gasteiger partial charge in [0.2, 0.25) is 0 Å². The highest BCUT2D eigenvalue weighted by Crippen LogP contribution is 2.28. The minimum Gasteiger partial charge on any atom is -0.497 e. The molecule has 0 aliphatic rings. The molecule has 3 aromatic rings. The highest BCUT2D eigenvalue weighted by Gasteiger charge is 2.11. The highest BCUT2D eigenvalue weighted by atomic mass is 16.5. The van der Waals surface area contributed by atoms with Crippen LogP contribution in [0.1, 0.15) is 11.1 Å². The van der Waals surface area contributed by atoms with E-state index in [0.29, 0.717) is 35.9 Å². The van der Waals surface area contributed by atoms with Crippen LogP contribution in [0.5, 0.6) is 17.2 Å². The Morgan fingerprint density at radius 2 is 1.67 bits per heavy atom. The van der Waals surface area contributed by atoms with Crippen molar-refractivity contribution < 1.29 is 18.6 Å². The summed E-state index contributed by atoms with van der Waals surface area (Å²) in [5, 5.41) is 0.898. The zero-order chi connectivity index (χ0) is 19.4. The molecule has 3 rings (SSSR count). The maximum absolute atomic E-state index is 11.9. The summed E-state index contributed by atoms with van der Waals surface area (Å²) in [6.45, 7) is 1.29. The molecule has 6 heteroatoms. The van der Waals surface area contributed by atoms with Crippen LogP contribution in [-0.2, 0) is 13.1 Å². The van der Waals surface area contributed by atoms with E-state index >= 15 is 0 Å². The summed E-state index contributed by atoms with van der Waals surface area (Å²) in [5.74, 6) is 2.05. The summed E-state index contributed by atoms with van der Waals surface area (Å²) in [6, 6.07) is 12.9. The van der Waals surface area contributed by atoms with Gasteiger partial charge in [0.15, 0.2) is 11.5 Å². The van der Waals surface area contributed by atoms with Crippen LogP contribution in [-0.4, -0.2) is 33.3 Å². The first kappa shape index (κ1) is 18.8. The van der Waals surface area contributed by atoms with Crippen molar-refractivity contribution in [2.24, 2.45) is 0 Å². The second kappa shape index (κ2) is 8.14. The standard InChI is InChI=1S/C21H23NO5/c1-22(12-14-5-8-18(25-3)20(9-14)26-4)13-15-10-21(23)27-19-11-16(24-2)6-7-17(15)19/h5-11H,12-13H2,1-4H3. The van der Waals surface area contributed by atoms with Gasteiger partial charge in [0.05, 0.1) is 21.3 Å². The summed E-state index contributed by atoms with van der Waals surface area (Å²) in [5.41, 5.74) is 2.15. The third-order valence-corrected chi connectivity index (χ3v) is 4.38. The first-order valence-electron chi connectivity index (χ1n) is 8.54. The molecule has 1 aromatic heterocycles. The van der Waals surface area contributed by atoms with Crippen molar-refractivity contribution in [3.05, 3.63) is 64.0 Å². The Balaban J connectivity index is 1.84. The van der Waals surface area contributed by atoms with Gasteiger partial charge in [0, 0.05) is 30.6 Å². The van der Waals surface area contributed by atoms with Crippen molar-refractivity contribution in [1.29, 1.82) is 0 Å². The highest BCUT2D eigenvalue weighted by molar-refractivity contribution is 5.81. The van der Waals surface area contributed by atoms with Crippen LogP contribution in [0.4, 0.5) is 0 Å². The smallest absolute Gasteiger partial charge is 0.336 e. The minimum atomic E-state index is -0.370. The molecule has 142 valence electrons. The third-order valence-electron chi connectivity index (χ3n) is 4.38. The van der Waals surface area contributed by atoms with Crippen LogP contribution in [0.2, 0.25) is 0 Å². The van der Waals surface area contributed by atoms with Gasteiger partial charge in [0.1, 0.15) is 11.3 Å². The van der Waals surface area contributed by atoms with Crippen LogP contribution in [0.3, 0.4) is 0 Å². The molecule has 0 atom stereocenters. The summed E-state index contributed by atoms with van der Waals surface area (Å²) in [6.07, 6.45) is 0. The quantitative estimate of drug-likeness (QED) is 0.595. The van der Waals surface area contributed by atoms with Crippen LogP contribution in [0, 0.1) is 0 Å². The van der Waals surface area contributed by atoms with E-state index in [0.717, 1.165) is 16.5 Å². The van der Waals surface area contributed by atoms with Crippen LogP contribution in [0.25, 0.3) is 11.0 Å². The molecule has 0 bridgehead atoms. The molecule has 1 heterocycles. The van der Waals surface area contributed by atoms with E-state index in [1.807, 2.05) is 37.4 Å². The number of nitrogens with zero attached hydrogens (tertiary/aromatic N) is 1. The van der Waals surface area contributed by atoms with Crippen molar-refractivity contribution in [2.75, 3.05) is 28.4 Å². The Kier molecular flexibility index (Phi) is 5.66. The first-order chi connectivity index (χ1) is 13.0. The molecule has 0 fully saturated rings. The summed E-state index contributed by atoms with van der Waals surface area (Å²) in [7, 11) is 6.82. The molecule has 0 aliphatic heterocycles. The second-order valence-corrected chi connectivity index (χ2v) is 6.31. The van der Waals surface area contributed by atoms with E-state index in [4.69, 9.17) is 18.6 Å². The molecule has 0 amide bonds. The third kappa shape index (κ3) is 4.23. The van der Waals surface area contributed by atoms with E-state index in [9.17, 15) is 4.79 Å². The van der Waals surface area contributed by atoms with Gasteiger partial charge in [-0.3, -0.25) is 4.90 Å². The number of methoxy groups -OCH3 is 3. The SMILES string of the molecule is COc1ccc2c(CN(C)Cc3ccc(OC)c(OC)c3)cc(=O)oc2c1. The zero-order valence-electron chi connectivity index (χ0n) is 15.9. The van der Waals surface area contributed by atoms with Crippen LogP contribution in [0.15, 0.2) is 51.7 Å². The average Bonchev–Trinajstić information content (AvgIpc) is 2.67. The van der Waals surface area contributed by atoms with Gasteiger partial charge in [-0.2, -0.15) is 0 Å². The van der Waals surface area contributed by atoms with E-state index in [1.54, 1.807) is 33.5 Å². The number of ether oxygens (including phenoxy) is 3. The van der Waals surface area contributed by atoms with Gasteiger partial charge < -0.3 is 18.6 Å². The summed E-state index contributed by atoms with van der Waals surface area (Å²) < 4.78 is 21.2. The van der Waals surface area contributed by atoms with E-state index < -0.39 is 0 Å². The van der Waals surface area contributed by atoms with E-state index in [1.165, 1.54) is 0 Å². The van der Waals surface area contributed by atoms with Gasteiger partial charge in [-0.15, -0.1) is 0 Å². The monoisotopic (exact) mass is 369 g/mol. The normalized spacial score (nSPS) is 11.0. The molecule has 0 saturated carbocycles. The lowest BCUT2D eigenvalue weighted by atomic mass is 10.1. The Hall–Kier alpha value is -2.99. The molecule has 27 heavy (non-hydrogen) atoms. The minimum absolute atomic E-state index is 0.370. The number of fused-ring (bicyclic) bond motifs is 1. The van der Waals surface area contributed by atoms with Crippen molar-refractivity contribution in [2.45, 2.75) is 13.1 Å². The average molecular weight is 369 g/mol. The van der Waals surface area contributed by atoms with Crippen molar-refractivity contribution in [1.82, 2.24) is 4.90 Å². The fourth-order valence-electron chi connectivity index (χ4n) is 3.11. The molecule has 0 spiro atoms. The number of benzene rings is 2. The Morgan fingerprint density at radius 3 is 2.37 bits per heavy atom. The van der Waals surface area contributed by atoms with Gasteiger partial charge in [-0.25, -0.2) is 4.79 Å². The fourth-order valence-corrected chi connectivity index (χ4v) is 3.11. The predicted octanol–water partition coefficient (Wildman–Crippen LogP) is 3.45. The molecule has 0 N–H and O–H groups in total. The number of rotatable bonds is 7. The van der Waals surface area contributed by atoms with Gasteiger partial charge in [0.25, 0.3) is 0 Å². The van der Waals surface area contributed by atoms with Gasteiger partial charge >= 0.3 is 5.63 Å². The Bertz CT molecular complexity index is 996. The second-order valence-electron chi connectivity index (χ2n) is 6.31. The van der Waals surface area contributed by atoms with Crippen molar-refractivity contribution in [3.8, 4) is 17.2 Å². The maximum atomic E-state index is 11.9. The lowest BCUT2D eigenvalue weighted by molar-refractivity contribution is 0.316. The number of hydrogen-bond acceptors (Lipinski definition) is 6. The Morgan fingerprint density at radius 1 is 0.889 bits per heavy atom. The van der Waals surface area contributed by atoms with E-state index in [-0.39, 0.29) is 5.63 Å². The van der Waals surface area contributed by atoms with Crippen molar-refractivity contribution in [3.63, 3.8) is 0 Å². The molecule has 2 aromatic carbocycles. The van der Waals surface area contributed by atoms with E-state index in [2.05, 4.69) is 4.90 Å². The predicted molar refractivity (Wildman–Crippen MR) is 104 cm³/mol. The van der Waals surface area contributed by atoms with Crippen molar-refractivity contribution >= 4 is 11.0 Å². The molecular weight excluding hydrogens is 346 g/mol.